The SMILES string of the molecule is C=Cc1ccccc1C1=CC(CC)=CC=C=C1C. The monoisotopic (exact) mass is 234 g/mol. The van der Waals surface area contributed by atoms with Crippen LogP contribution in [0.2, 0.25) is 0 Å². The molecule has 0 atom stereocenters. The van der Waals surface area contributed by atoms with Gasteiger partial charge >= 0.3 is 0 Å². The smallest absolute Gasteiger partial charge is 0.00127 e. The lowest BCUT2D eigenvalue weighted by atomic mass is 9.93. The summed E-state index contributed by atoms with van der Waals surface area (Å²) in [5, 5.41) is 0. The van der Waals surface area contributed by atoms with Crippen molar-refractivity contribution in [3.05, 3.63) is 77.1 Å². The van der Waals surface area contributed by atoms with E-state index in [1.807, 2.05) is 18.2 Å². The number of allylic oxidation sites excluding steroid dienone is 5. The zero-order valence-corrected chi connectivity index (χ0v) is 11.0. The molecule has 0 spiro atoms. The standard InChI is InChI=1S/C18H18/c1-4-15-10-8-9-14(3)18(13-15)17-12-7-6-11-16(17)5-2/h5-8,10-13H,2,4H2,1,3H3. The molecule has 0 aliphatic heterocycles. The van der Waals surface area contributed by atoms with Crippen LogP contribution in [0.25, 0.3) is 11.6 Å². The molecule has 1 aromatic carbocycles. The van der Waals surface area contributed by atoms with Gasteiger partial charge in [-0.2, -0.15) is 0 Å². The topological polar surface area (TPSA) is 0 Å². The molecule has 1 aliphatic carbocycles. The van der Waals surface area contributed by atoms with E-state index in [0.29, 0.717) is 0 Å². The maximum Gasteiger partial charge on any atom is -0.00127 e. The Balaban J connectivity index is 2.61. The minimum Gasteiger partial charge on any atom is -0.117 e. The molecule has 0 fully saturated rings. The summed E-state index contributed by atoms with van der Waals surface area (Å²) in [5.74, 6) is 0. The molecule has 0 bridgehead atoms. The average molecular weight is 234 g/mol. The Labute approximate surface area is 109 Å². The lowest BCUT2D eigenvalue weighted by Crippen LogP contribution is -1.90. The number of benzene rings is 1. The van der Waals surface area contributed by atoms with E-state index in [0.717, 1.165) is 6.42 Å². The van der Waals surface area contributed by atoms with Gasteiger partial charge in [-0.3, -0.25) is 0 Å². The molecule has 0 aromatic heterocycles. The van der Waals surface area contributed by atoms with Crippen LogP contribution >= 0.6 is 0 Å². The maximum absolute atomic E-state index is 3.89. The van der Waals surface area contributed by atoms with Gasteiger partial charge in [-0.1, -0.05) is 56.0 Å². The van der Waals surface area contributed by atoms with Gasteiger partial charge in [-0.15, -0.1) is 5.73 Å². The summed E-state index contributed by atoms with van der Waals surface area (Å²) in [6, 6.07) is 8.36. The first-order chi connectivity index (χ1) is 8.76. The molecule has 1 aromatic rings. The zero-order valence-electron chi connectivity index (χ0n) is 11.0. The largest absolute Gasteiger partial charge is 0.117 e. The molecule has 2 rings (SSSR count). The van der Waals surface area contributed by atoms with Crippen LogP contribution in [0.4, 0.5) is 0 Å². The summed E-state index contributed by atoms with van der Waals surface area (Å²) in [6.07, 6.45) is 9.34. The van der Waals surface area contributed by atoms with Gasteiger partial charge in [0, 0.05) is 0 Å². The van der Waals surface area contributed by atoms with Gasteiger partial charge in [0.05, 0.1) is 0 Å². The first-order valence-corrected chi connectivity index (χ1v) is 6.32. The third-order valence-corrected chi connectivity index (χ3v) is 3.21. The van der Waals surface area contributed by atoms with Crippen LogP contribution < -0.4 is 0 Å². The van der Waals surface area contributed by atoms with Crippen molar-refractivity contribution in [2.24, 2.45) is 0 Å². The van der Waals surface area contributed by atoms with E-state index in [9.17, 15) is 0 Å². The predicted octanol–water partition coefficient (Wildman–Crippen LogP) is 5.16. The fourth-order valence-corrected chi connectivity index (χ4v) is 2.11. The lowest BCUT2D eigenvalue weighted by molar-refractivity contribution is 1.15. The number of hydrogen-bond acceptors (Lipinski definition) is 0. The molecule has 0 heterocycles. The number of hydrogen-bond donors (Lipinski definition) is 0. The van der Waals surface area contributed by atoms with Crippen LogP contribution in [0.3, 0.4) is 0 Å². The molecule has 0 saturated carbocycles. The van der Waals surface area contributed by atoms with E-state index in [4.69, 9.17) is 0 Å². The summed E-state index contributed by atoms with van der Waals surface area (Å²) in [5.41, 5.74) is 9.46. The maximum atomic E-state index is 3.89. The lowest BCUT2D eigenvalue weighted by Gasteiger charge is -2.10. The Hall–Kier alpha value is -2.04. The van der Waals surface area contributed by atoms with Gasteiger partial charge in [-0.25, -0.2) is 0 Å². The zero-order chi connectivity index (χ0) is 13.0. The fraction of sp³-hybridized carbons (Fsp3) is 0.167. The van der Waals surface area contributed by atoms with E-state index in [1.165, 1.54) is 27.8 Å². The van der Waals surface area contributed by atoms with Crippen molar-refractivity contribution in [1.29, 1.82) is 0 Å². The van der Waals surface area contributed by atoms with Gasteiger partial charge in [0.1, 0.15) is 0 Å². The predicted molar refractivity (Wildman–Crippen MR) is 80.2 cm³/mol. The first-order valence-electron chi connectivity index (χ1n) is 6.32. The van der Waals surface area contributed by atoms with Gasteiger partial charge in [0.25, 0.3) is 0 Å². The van der Waals surface area contributed by atoms with Crippen molar-refractivity contribution in [3.8, 4) is 0 Å². The van der Waals surface area contributed by atoms with Crippen LogP contribution in [0.5, 0.6) is 0 Å². The first kappa shape index (κ1) is 12.4. The summed E-state index contributed by atoms with van der Waals surface area (Å²) < 4.78 is 0. The molecule has 0 amide bonds. The third kappa shape index (κ3) is 2.45. The summed E-state index contributed by atoms with van der Waals surface area (Å²) in [7, 11) is 0. The van der Waals surface area contributed by atoms with Crippen LogP contribution in [0.1, 0.15) is 31.4 Å². The van der Waals surface area contributed by atoms with Crippen molar-refractivity contribution in [2.75, 3.05) is 0 Å². The minimum atomic E-state index is 1.03. The van der Waals surface area contributed by atoms with Gasteiger partial charge in [0.2, 0.25) is 0 Å². The average Bonchev–Trinajstić information content (AvgIpc) is 2.60. The highest BCUT2D eigenvalue weighted by molar-refractivity contribution is 5.85. The van der Waals surface area contributed by atoms with Crippen LogP contribution in [0.15, 0.2) is 65.9 Å². The second kappa shape index (κ2) is 5.53. The van der Waals surface area contributed by atoms with Crippen molar-refractivity contribution in [3.63, 3.8) is 0 Å². The Morgan fingerprint density at radius 3 is 2.78 bits per heavy atom. The molecule has 0 saturated heterocycles. The van der Waals surface area contributed by atoms with Crippen molar-refractivity contribution in [1.82, 2.24) is 0 Å². The molecule has 0 nitrogen and oxygen atoms in total. The van der Waals surface area contributed by atoms with Crippen molar-refractivity contribution >= 4 is 11.6 Å². The molecule has 0 radical (unpaired) electrons. The Kier molecular flexibility index (Phi) is 3.82. The van der Waals surface area contributed by atoms with E-state index in [-0.39, 0.29) is 0 Å². The summed E-state index contributed by atoms with van der Waals surface area (Å²) >= 11 is 0. The molecule has 18 heavy (non-hydrogen) atoms. The molecule has 0 unspecified atom stereocenters. The van der Waals surface area contributed by atoms with E-state index >= 15 is 0 Å². The fourth-order valence-electron chi connectivity index (χ4n) is 2.11. The second-order valence-electron chi connectivity index (χ2n) is 4.38. The highest BCUT2D eigenvalue weighted by Gasteiger charge is 2.09. The normalized spacial score (nSPS) is 14.4. The molecule has 90 valence electrons. The van der Waals surface area contributed by atoms with E-state index in [2.05, 4.69) is 56.5 Å². The van der Waals surface area contributed by atoms with E-state index in [1.54, 1.807) is 0 Å². The minimum absolute atomic E-state index is 1.03. The Morgan fingerprint density at radius 2 is 2.06 bits per heavy atom. The van der Waals surface area contributed by atoms with Crippen LogP contribution in [-0.2, 0) is 0 Å². The Bertz CT molecular complexity index is 588. The molecular formula is C18H18. The number of rotatable bonds is 3. The summed E-state index contributed by atoms with van der Waals surface area (Å²) in [4.78, 5) is 0. The van der Waals surface area contributed by atoms with Crippen LogP contribution in [-0.4, -0.2) is 0 Å². The highest BCUT2D eigenvalue weighted by Crippen LogP contribution is 2.29. The molecule has 0 N–H and O–H groups in total. The van der Waals surface area contributed by atoms with Crippen LogP contribution in [0, 0.1) is 0 Å². The van der Waals surface area contributed by atoms with Crippen molar-refractivity contribution in [2.45, 2.75) is 20.3 Å². The Morgan fingerprint density at radius 1 is 1.28 bits per heavy atom. The van der Waals surface area contributed by atoms with Gasteiger partial charge in [-0.05, 0) is 47.3 Å². The van der Waals surface area contributed by atoms with Gasteiger partial charge in [0.15, 0.2) is 0 Å². The molecule has 1 aliphatic rings. The third-order valence-electron chi connectivity index (χ3n) is 3.21. The van der Waals surface area contributed by atoms with Gasteiger partial charge < -0.3 is 0 Å². The van der Waals surface area contributed by atoms with Crippen molar-refractivity contribution < 1.29 is 0 Å². The molecule has 0 heteroatoms. The highest BCUT2D eigenvalue weighted by atomic mass is 14.1. The second-order valence-corrected chi connectivity index (χ2v) is 4.38. The molecular weight excluding hydrogens is 216 g/mol. The summed E-state index contributed by atoms with van der Waals surface area (Å²) in [6.45, 7) is 8.18. The quantitative estimate of drug-likeness (QED) is 0.633. The van der Waals surface area contributed by atoms with E-state index < -0.39 is 0 Å².